The summed E-state index contributed by atoms with van der Waals surface area (Å²) in [6.07, 6.45) is 4.55. The number of fused-ring (bicyclic) bond motifs is 5. The maximum absolute atomic E-state index is 10.9. The van der Waals surface area contributed by atoms with Crippen molar-refractivity contribution in [3.05, 3.63) is 41.0 Å². The zero-order valence-corrected chi connectivity index (χ0v) is 16.7. The first-order valence-corrected chi connectivity index (χ1v) is 9.98. The summed E-state index contributed by atoms with van der Waals surface area (Å²) in [7, 11) is 3.24. The number of aromatic hydroxyl groups is 1. The molecule has 5 rings (SSSR count). The average molecular weight is 392 g/mol. The van der Waals surface area contributed by atoms with E-state index in [2.05, 4.69) is 4.90 Å². The fourth-order valence-electron chi connectivity index (χ4n) is 4.35. The molecule has 6 heteroatoms. The van der Waals surface area contributed by atoms with Crippen LogP contribution in [-0.2, 0) is 0 Å². The summed E-state index contributed by atoms with van der Waals surface area (Å²) in [5, 5.41) is 10.9. The minimum atomic E-state index is 0.153. The molecule has 1 N–H and O–H groups in total. The van der Waals surface area contributed by atoms with Crippen molar-refractivity contribution in [1.29, 1.82) is 0 Å². The van der Waals surface area contributed by atoms with Gasteiger partial charge in [-0.3, -0.25) is 4.90 Å². The van der Waals surface area contributed by atoms with Crippen LogP contribution < -0.4 is 14.2 Å². The molecule has 2 aromatic carbocycles. The number of benzene rings is 2. The lowest BCUT2D eigenvalue weighted by atomic mass is 10.0. The number of aliphatic imine (C=N–C) groups is 1. The zero-order valence-electron chi connectivity index (χ0n) is 16.7. The third-order valence-electron chi connectivity index (χ3n) is 5.85. The molecule has 0 unspecified atom stereocenters. The Morgan fingerprint density at radius 3 is 2.55 bits per heavy atom. The molecule has 29 heavy (non-hydrogen) atoms. The number of nitrogens with zero attached hydrogens (tertiary/aromatic N) is 2. The molecule has 150 valence electrons. The van der Waals surface area contributed by atoms with Crippen LogP contribution in [0.1, 0.15) is 29.5 Å². The maximum Gasteiger partial charge on any atom is 0.167 e. The summed E-state index contributed by atoms with van der Waals surface area (Å²) in [5.74, 6) is 1.99. The summed E-state index contributed by atoms with van der Waals surface area (Å²) in [6, 6.07) is 7.59. The lowest BCUT2D eigenvalue weighted by Crippen LogP contribution is -2.25. The molecule has 2 aliphatic heterocycles. The Kier molecular flexibility index (Phi) is 4.43. The van der Waals surface area contributed by atoms with Crippen molar-refractivity contribution >= 4 is 23.0 Å². The number of rotatable bonds is 6. The topological polar surface area (TPSA) is 63.5 Å². The predicted molar refractivity (Wildman–Crippen MR) is 113 cm³/mol. The van der Waals surface area contributed by atoms with Gasteiger partial charge in [-0.1, -0.05) is 0 Å². The second kappa shape index (κ2) is 7.12. The summed E-state index contributed by atoms with van der Waals surface area (Å²) in [4.78, 5) is 7.15. The Morgan fingerprint density at radius 2 is 1.79 bits per heavy atom. The molecule has 0 amide bonds. The molecule has 2 aromatic rings. The summed E-state index contributed by atoms with van der Waals surface area (Å²) in [5.41, 5.74) is 5.23. The highest BCUT2D eigenvalue weighted by Crippen LogP contribution is 2.51. The van der Waals surface area contributed by atoms with E-state index in [9.17, 15) is 5.11 Å². The number of ether oxygens (including phenoxy) is 3. The van der Waals surface area contributed by atoms with Crippen LogP contribution in [0.15, 0.2) is 29.3 Å². The van der Waals surface area contributed by atoms with Crippen LogP contribution in [0.5, 0.6) is 23.0 Å². The molecule has 0 saturated carbocycles. The van der Waals surface area contributed by atoms with E-state index >= 15 is 0 Å². The van der Waals surface area contributed by atoms with Crippen LogP contribution >= 0.6 is 0 Å². The fourth-order valence-corrected chi connectivity index (χ4v) is 4.35. The molecule has 3 aliphatic rings. The van der Waals surface area contributed by atoms with Gasteiger partial charge in [-0.25, -0.2) is 4.99 Å². The molecule has 0 aromatic heterocycles. The van der Waals surface area contributed by atoms with Crippen LogP contribution in [0.2, 0.25) is 0 Å². The lowest BCUT2D eigenvalue weighted by molar-refractivity contribution is 0.231. The lowest BCUT2D eigenvalue weighted by Gasteiger charge is -2.16. The van der Waals surface area contributed by atoms with E-state index in [1.165, 1.54) is 12.8 Å². The molecule has 0 atom stereocenters. The first-order valence-electron chi connectivity index (χ1n) is 9.98. The molecule has 6 nitrogen and oxygen atoms in total. The fraction of sp³-hybridized carbons (Fsp3) is 0.348. The molecule has 0 spiro atoms. The zero-order chi connectivity index (χ0) is 20.0. The van der Waals surface area contributed by atoms with Crippen molar-refractivity contribution in [1.82, 2.24) is 4.90 Å². The third kappa shape index (κ3) is 2.95. The minimum absolute atomic E-state index is 0.153. The number of phenols is 1. The van der Waals surface area contributed by atoms with Crippen LogP contribution in [0, 0.1) is 0 Å². The Hall–Kier alpha value is -2.99. The van der Waals surface area contributed by atoms with Gasteiger partial charge in [0.25, 0.3) is 0 Å². The van der Waals surface area contributed by atoms with Crippen LogP contribution in [-0.4, -0.2) is 56.2 Å². The smallest absolute Gasteiger partial charge is 0.167 e. The van der Waals surface area contributed by atoms with Gasteiger partial charge in [0, 0.05) is 17.7 Å². The van der Waals surface area contributed by atoms with Crippen LogP contribution in [0.4, 0.5) is 5.69 Å². The van der Waals surface area contributed by atoms with Crippen molar-refractivity contribution in [2.75, 3.05) is 40.5 Å². The average Bonchev–Trinajstić information content (AvgIpc) is 3.44. The van der Waals surface area contributed by atoms with E-state index in [1.807, 2.05) is 24.3 Å². The summed E-state index contributed by atoms with van der Waals surface area (Å²) >= 11 is 0. The van der Waals surface area contributed by atoms with Crippen molar-refractivity contribution in [2.24, 2.45) is 4.99 Å². The standard InChI is InChI=1S/C23H24N2O4/c1-27-19-12-14-11-16-21-17(24-22(16)15(14)13-20(19)28-2)5-6-18(23(21)26)29-10-9-25-7-3-4-8-25/h5-6,11-13,26H,3-4,7-10H2,1-2H3. The number of allylic oxidation sites excluding steroid dienone is 1. The normalized spacial score (nSPS) is 16.8. The van der Waals surface area contributed by atoms with Crippen LogP contribution in [0.3, 0.4) is 0 Å². The number of hydrogen-bond donors (Lipinski definition) is 1. The SMILES string of the molecule is COc1cc2c(cc1OC)C1=Nc3ccc(OCCN4CCCC4)c(O)c3C1=C2. The minimum Gasteiger partial charge on any atom is -0.504 e. The number of likely N-dealkylation sites (tertiary alicyclic amines) is 1. The first-order chi connectivity index (χ1) is 14.2. The van der Waals surface area contributed by atoms with Crippen molar-refractivity contribution < 1.29 is 19.3 Å². The van der Waals surface area contributed by atoms with Gasteiger partial charge in [-0.2, -0.15) is 0 Å². The van der Waals surface area contributed by atoms with Gasteiger partial charge < -0.3 is 19.3 Å². The highest BCUT2D eigenvalue weighted by atomic mass is 16.5. The summed E-state index contributed by atoms with van der Waals surface area (Å²) < 4.78 is 16.8. The van der Waals surface area contributed by atoms with Gasteiger partial charge >= 0.3 is 0 Å². The van der Waals surface area contributed by atoms with Crippen LogP contribution in [0.25, 0.3) is 11.6 Å². The van der Waals surface area contributed by atoms with E-state index in [-0.39, 0.29) is 5.75 Å². The second-order valence-electron chi connectivity index (χ2n) is 7.52. The van der Waals surface area contributed by atoms with E-state index in [1.54, 1.807) is 20.3 Å². The molecule has 0 bridgehead atoms. The van der Waals surface area contributed by atoms with Crippen molar-refractivity contribution in [3.8, 4) is 23.0 Å². The number of hydrogen-bond acceptors (Lipinski definition) is 6. The van der Waals surface area contributed by atoms with Gasteiger partial charge in [-0.05, 0) is 61.8 Å². The highest BCUT2D eigenvalue weighted by molar-refractivity contribution is 6.43. The van der Waals surface area contributed by atoms with Gasteiger partial charge in [-0.15, -0.1) is 0 Å². The monoisotopic (exact) mass is 392 g/mol. The Morgan fingerprint density at radius 1 is 1.03 bits per heavy atom. The van der Waals surface area contributed by atoms with E-state index in [0.717, 1.165) is 53.3 Å². The van der Waals surface area contributed by atoms with Gasteiger partial charge in [0.1, 0.15) is 6.61 Å². The second-order valence-corrected chi connectivity index (χ2v) is 7.52. The van der Waals surface area contributed by atoms with E-state index in [4.69, 9.17) is 19.2 Å². The molecular weight excluding hydrogens is 368 g/mol. The van der Waals surface area contributed by atoms with Crippen molar-refractivity contribution in [3.63, 3.8) is 0 Å². The van der Waals surface area contributed by atoms with Crippen molar-refractivity contribution in [2.45, 2.75) is 12.8 Å². The molecule has 1 aliphatic carbocycles. The maximum atomic E-state index is 10.9. The van der Waals surface area contributed by atoms with E-state index < -0.39 is 0 Å². The molecular formula is C23H24N2O4. The first kappa shape index (κ1) is 18.1. The Bertz CT molecular complexity index is 1040. The molecule has 1 fully saturated rings. The van der Waals surface area contributed by atoms with Gasteiger partial charge in [0.05, 0.1) is 31.2 Å². The third-order valence-corrected chi connectivity index (χ3v) is 5.85. The van der Waals surface area contributed by atoms with Gasteiger partial charge in [0.15, 0.2) is 23.0 Å². The predicted octanol–water partition coefficient (Wildman–Crippen LogP) is 3.87. The number of methoxy groups -OCH3 is 2. The molecule has 2 heterocycles. The Labute approximate surface area is 170 Å². The molecule has 1 saturated heterocycles. The number of phenolic OH excluding ortho intramolecular Hbond substituents is 1. The highest BCUT2D eigenvalue weighted by Gasteiger charge is 2.33. The van der Waals surface area contributed by atoms with Gasteiger partial charge in [0.2, 0.25) is 0 Å². The summed E-state index contributed by atoms with van der Waals surface area (Å²) in [6.45, 7) is 3.71. The quantitative estimate of drug-likeness (QED) is 0.809. The largest absolute Gasteiger partial charge is 0.504 e. The van der Waals surface area contributed by atoms with E-state index in [0.29, 0.717) is 23.9 Å². The Balaban J connectivity index is 1.43. The molecule has 0 radical (unpaired) electrons.